The molecule has 0 aliphatic heterocycles. The van der Waals surface area contributed by atoms with Crippen LogP contribution in [0.25, 0.3) is 0 Å². The standard InChI is InChI=1S/C26H23Cl2F3N4O5/c27-19-10-32-11-20(28)22(19)21(37)13-34(12-14-1-7-17(36)8-2-14)24(38)18-9-33-35(23(18)26(29,30)31)16-5-3-15(4-6-16)25(39)40/h1-2,7-11,15-16,36H,3-6,12-13H2,(H,39,40). The Kier molecular flexibility index (Phi) is 8.69. The first-order valence-corrected chi connectivity index (χ1v) is 12.9. The molecule has 1 aromatic carbocycles. The van der Waals surface area contributed by atoms with Gasteiger partial charge in [0.2, 0.25) is 0 Å². The fourth-order valence-electron chi connectivity index (χ4n) is 4.77. The van der Waals surface area contributed by atoms with Crippen LogP contribution in [0.15, 0.2) is 42.9 Å². The summed E-state index contributed by atoms with van der Waals surface area (Å²) in [5.41, 5.74) is -1.74. The molecule has 0 radical (unpaired) electrons. The molecule has 2 N–H and O–H groups in total. The van der Waals surface area contributed by atoms with Gasteiger partial charge in [0.15, 0.2) is 11.5 Å². The fourth-order valence-corrected chi connectivity index (χ4v) is 5.34. The van der Waals surface area contributed by atoms with Crippen molar-refractivity contribution in [3.8, 4) is 5.75 Å². The summed E-state index contributed by atoms with van der Waals surface area (Å²) in [4.78, 5) is 42.8. The molecule has 2 heterocycles. The monoisotopic (exact) mass is 598 g/mol. The van der Waals surface area contributed by atoms with Gasteiger partial charge >= 0.3 is 12.1 Å². The summed E-state index contributed by atoms with van der Waals surface area (Å²) in [5.74, 6) is -3.56. The van der Waals surface area contributed by atoms with E-state index >= 15 is 0 Å². The summed E-state index contributed by atoms with van der Waals surface area (Å²) in [5, 5.41) is 22.5. The Morgan fingerprint density at radius 1 is 1.00 bits per heavy atom. The lowest BCUT2D eigenvalue weighted by molar-refractivity contribution is -0.147. The quantitative estimate of drug-likeness (QED) is 0.321. The van der Waals surface area contributed by atoms with Crippen LogP contribution in [0.2, 0.25) is 10.0 Å². The van der Waals surface area contributed by atoms with E-state index in [2.05, 4.69) is 10.1 Å². The van der Waals surface area contributed by atoms with Crippen molar-refractivity contribution >= 4 is 40.9 Å². The minimum Gasteiger partial charge on any atom is -0.508 e. The normalized spacial score (nSPS) is 17.4. The van der Waals surface area contributed by atoms with Crippen LogP contribution in [-0.2, 0) is 17.5 Å². The summed E-state index contributed by atoms with van der Waals surface area (Å²) in [6.07, 6.45) is -1.17. The zero-order chi connectivity index (χ0) is 29.2. The van der Waals surface area contributed by atoms with Crippen molar-refractivity contribution in [1.29, 1.82) is 0 Å². The number of aliphatic carboxylic acids is 1. The molecule has 0 atom stereocenters. The molecule has 3 aromatic rings. The van der Waals surface area contributed by atoms with Crippen LogP contribution in [0.4, 0.5) is 13.2 Å². The zero-order valence-corrected chi connectivity index (χ0v) is 22.2. The molecule has 9 nitrogen and oxygen atoms in total. The number of amides is 1. The summed E-state index contributed by atoms with van der Waals surface area (Å²) in [7, 11) is 0. The number of ketones is 1. The predicted octanol–water partition coefficient (Wildman–Crippen LogP) is 5.65. The third-order valence-electron chi connectivity index (χ3n) is 6.75. The van der Waals surface area contributed by atoms with Gasteiger partial charge in [-0.3, -0.25) is 24.0 Å². The second-order valence-corrected chi connectivity index (χ2v) is 10.2. The number of aromatic nitrogens is 3. The third kappa shape index (κ3) is 6.39. The Bertz CT molecular complexity index is 1400. The smallest absolute Gasteiger partial charge is 0.433 e. The maximum Gasteiger partial charge on any atom is 0.433 e. The van der Waals surface area contributed by atoms with E-state index in [0.717, 1.165) is 15.8 Å². The lowest BCUT2D eigenvalue weighted by Crippen LogP contribution is -2.37. The number of aromatic hydroxyl groups is 1. The van der Waals surface area contributed by atoms with Crippen molar-refractivity contribution in [2.45, 2.75) is 44.4 Å². The number of hydrogen-bond acceptors (Lipinski definition) is 6. The highest BCUT2D eigenvalue weighted by atomic mass is 35.5. The van der Waals surface area contributed by atoms with E-state index in [1.54, 1.807) is 0 Å². The van der Waals surface area contributed by atoms with Crippen molar-refractivity contribution in [1.82, 2.24) is 19.7 Å². The summed E-state index contributed by atoms with van der Waals surface area (Å²) in [6, 6.07) is 4.84. The Morgan fingerprint density at radius 2 is 1.60 bits per heavy atom. The molecule has 0 saturated heterocycles. The van der Waals surface area contributed by atoms with Crippen LogP contribution in [-0.4, -0.2) is 54.1 Å². The number of benzene rings is 1. The fraction of sp³-hybridized carbons (Fsp3) is 0.346. The first-order chi connectivity index (χ1) is 18.9. The highest BCUT2D eigenvalue weighted by molar-refractivity contribution is 6.39. The molecular weight excluding hydrogens is 576 g/mol. The third-order valence-corrected chi connectivity index (χ3v) is 7.32. The van der Waals surface area contributed by atoms with E-state index in [9.17, 15) is 37.8 Å². The van der Waals surface area contributed by atoms with Crippen molar-refractivity contribution in [3.05, 3.63) is 75.3 Å². The van der Waals surface area contributed by atoms with Crippen LogP contribution in [0.5, 0.6) is 5.75 Å². The molecule has 1 fully saturated rings. The zero-order valence-electron chi connectivity index (χ0n) is 20.7. The van der Waals surface area contributed by atoms with Crippen molar-refractivity contribution in [3.63, 3.8) is 0 Å². The lowest BCUT2D eigenvalue weighted by Gasteiger charge is -2.28. The maximum atomic E-state index is 14.4. The lowest BCUT2D eigenvalue weighted by atomic mass is 9.86. The first-order valence-electron chi connectivity index (χ1n) is 12.1. The van der Waals surface area contributed by atoms with Gasteiger partial charge in [-0.05, 0) is 43.4 Å². The molecule has 0 spiro atoms. The number of Topliss-reactive ketones (excluding diaryl/α,β-unsaturated/α-hetero) is 1. The van der Waals surface area contributed by atoms with Gasteiger partial charge in [0.25, 0.3) is 5.91 Å². The average Bonchev–Trinajstić information content (AvgIpc) is 3.35. The van der Waals surface area contributed by atoms with E-state index in [4.69, 9.17) is 23.2 Å². The molecule has 14 heteroatoms. The number of carbonyl (C=O) groups excluding carboxylic acids is 2. The largest absolute Gasteiger partial charge is 0.508 e. The van der Waals surface area contributed by atoms with E-state index in [0.29, 0.717) is 5.56 Å². The Labute approximate surface area is 236 Å². The highest BCUT2D eigenvalue weighted by Gasteiger charge is 2.43. The molecule has 1 aliphatic rings. The number of nitrogens with zero attached hydrogens (tertiary/aromatic N) is 4. The summed E-state index contributed by atoms with van der Waals surface area (Å²) < 4.78 is 43.8. The molecule has 0 bridgehead atoms. The first kappa shape index (κ1) is 29.3. The number of alkyl halides is 3. The van der Waals surface area contributed by atoms with E-state index in [1.807, 2.05) is 0 Å². The van der Waals surface area contributed by atoms with Gasteiger partial charge in [0.05, 0.1) is 45.9 Å². The number of phenolic OH excluding ortho intramolecular Hbond substituents is 1. The van der Waals surface area contributed by atoms with Gasteiger partial charge in [-0.25, -0.2) is 0 Å². The Hall–Kier alpha value is -3.64. The molecule has 212 valence electrons. The van der Waals surface area contributed by atoms with Crippen LogP contribution >= 0.6 is 23.2 Å². The molecule has 1 amide bonds. The van der Waals surface area contributed by atoms with Crippen LogP contribution in [0, 0.1) is 5.92 Å². The molecule has 1 saturated carbocycles. The highest BCUT2D eigenvalue weighted by Crippen LogP contribution is 2.39. The number of hydrogen-bond donors (Lipinski definition) is 2. The van der Waals surface area contributed by atoms with E-state index in [1.165, 1.54) is 36.7 Å². The van der Waals surface area contributed by atoms with Gasteiger partial charge in [-0.1, -0.05) is 35.3 Å². The maximum absolute atomic E-state index is 14.4. The SMILES string of the molecule is O=C(CN(Cc1ccc(O)cc1)C(=O)c1cnn(C2CCC(C(=O)O)CC2)c1C(F)(F)F)c1c(Cl)cncc1Cl. The second kappa shape index (κ2) is 11.8. The van der Waals surface area contributed by atoms with Gasteiger partial charge in [-0.15, -0.1) is 0 Å². The Morgan fingerprint density at radius 3 is 2.15 bits per heavy atom. The number of carboxylic acids is 1. The molecule has 40 heavy (non-hydrogen) atoms. The van der Waals surface area contributed by atoms with Gasteiger partial charge in [0.1, 0.15) is 5.75 Å². The molecule has 4 rings (SSSR count). The topological polar surface area (TPSA) is 126 Å². The van der Waals surface area contributed by atoms with Gasteiger partial charge in [0, 0.05) is 18.9 Å². The van der Waals surface area contributed by atoms with Gasteiger partial charge in [-0.2, -0.15) is 18.3 Å². The molecule has 0 unspecified atom stereocenters. The van der Waals surface area contributed by atoms with Crippen LogP contribution < -0.4 is 0 Å². The van der Waals surface area contributed by atoms with Crippen LogP contribution in [0.3, 0.4) is 0 Å². The predicted molar refractivity (Wildman–Crippen MR) is 137 cm³/mol. The number of rotatable bonds is 8. The van der Waals surface area contributed by atoms with E-state index < -0.39 is 53.6 Å². The van der Waals surface area contributed by atoms with Crippen molar-refractivity contribution in [2.24, 2.45) is 5.92 Å². The molecular formula is C26H23Cl2F3N4O5. The minimum absolute atomic E-state index is 0.0636. The average molecular weight is 599 g/mol. The molecule has 1 aliphatic carbocycles. The van der Waals surface area contributed by atoms with Crippen LogP contribution in [0.1, 0.15) is 63.7 Å². The number of halogens is 5. The summed E-state index contributed by atoms with van der Waals surface area (Å²) >= 11 is 12.2. The van der Waals surface area contributed by atoms with Crippen molar-refractivity contribution < 1.29 is 37.8 Å². The number of carboxylic acid groups (broad SMARTS) is 1. The number of pyridine rings is 1. The summed E-state index contributed by atoms with van der Waals surface area (Å²) in [6.45, 7) is -0.952. The molecule has 2 aromatic heterocycles. The number of carbonyl (C=O) groups is 3. The Balaban J connectivity index is 1.70. The number of phenols is 1. The minimum atomic E-state index is -4.98. The van der Waals surface area contributed by atoms with E-state index in [-0.39, 0.29) is 53.6 Å². The van der Waals surface area contributed by atoms with Gasteiger partial charge < -0.3 is 15.1 Å². The second-order valence-electron chi connectivity index (χ2n) is 9.42. The van der Waals surface area contributed by atoms with Crippen molar-refractivity contribution in [2.75, 3.05) is 6.54 Å².